The Balaban J connectivity index is 1.54. The summed E-state index contributed by atoms with van der Waals surface area (Å²) >= 11 is 0. The Bertz CT molecular complexity index is 1360. The van der Waals surface area contributed by atoms with Gasteiger partial charge in [-0.2, -0.15) is 9.97 Å². The number of ether oxygens (including phenoxy) is 1. The van der Waals surface area contributed by atoms with Gasteiger partial charge in [0.2, 0.25) is 5.95 Å². The van der Waals surface area contributed by atoms with Crippen LogP contribution < -0.4 is 10.2 Å². The van der Waals surface area contributed by atoms with Crippen molar-refractivity contribution in [3.63, 3.8) is 0 Å². The molecule has 10 nitrogen and oxygen atoms in total. The first-order valence-corrected chi connectivity index (χ1v) is 10.9. The molecule has 0 bridgehead atoms. The first kappa shape index (κ1) is 22.6. The highest BCUT2D eigenvalue weighted by Crippen LogP contribution is 2.29. The van der Waals surface area contributed by atoms with Gasteiger partial charge >= 0.3 is 0 Å². The van der Waals surface area contributed by atoms with Crippen LogP contribution in [0.2, 0.25) is 0 Å². The van der Waals surface area contributed by atoms with Crippen LogP contribution in [-0.2, 0) is 11.3 Å². The first-order valence-electron chi connectivity index (χ1n) is 10.9. The number of nitrogens with zero attached hydrogens (tertiary/aromatic N) is 6. The predicted molar refractivity (Wildman–Crippen MR) is 125 cm³/mol. The van der Waals surface area contributed by atoms with Crippen molar-refractivity contribution in [1.29, 1.82) is 0 Å². The van der Waals surface area contributed by atoms with Crippen molar-refractivity contribution < 1.29 is 18.4 Å². The summed E-state index contributed by atoms with van der Waals surface area (Å²) in [5.41, 5.74) is 1.75. The molecule has 4 aromatic rings. The van der Waals surface area contributed by atoms with Crippen LogP contribution in [0.3, 0.4) is 0 Å². The summed E-state index contributed by atoms with van der Waals surface area (Å²) in [6.07, 6.45) is -2.80. The van der Waals surface area contributed by atoms with Gasteiger partial charge in [-0.15, -0.1) is 0 Å². The highest BCUT2D eigenvalue weighted by Gasteiger charge is 2.23. The van der Waals surface area contributed by atoms with Gasteiger partial charge < -0.3 is 15.0 Å². The van der Waals surface area contributed by atoms with Crippen LogP contribution in [0.5, 0.6) is 0 Å². The third-order valence-corrected chi connectivity index (χ3v) is 5.63. The number of non-ortho nitro benzene ring substituents is 1. The lowest BCUT2D eigenvalue weighted by molar-refractivity contribution is -0.384. The van der Waals surface area contributed by atoms with Crippen molar-refractivity contribution in [2.75, 3.05) is 36.5 Å². The standard InChI is InChI=1S/C23H21F2N7O3/c24-21(25)22-27-17-3-1-2-4-18(17)31(22)20-13-19(28-23(29-20)30-9-11-35-12-10-30)26-14-15-5-7-16(8-6-15)32(33)34/h1-8,13,21H,9-12,14H2,(H,26,28,29). The van der Waals surface area contributed by atoms with E-state index in [2.05, 4.69) is 20.3 Å². The maximum absolute atomic E-state index is 13.9. The number of nitro benzene ring substituents is 1. The molecule has 0 unspecified atom stereocenters. The fraction of sp³-hybridized carbons (Fsp3) is 0.261. The number of anilines is 2. The molecular formula is C23H21F2N7O3. The number of rotatable bonds is 7. The lowest BCUT2D eigenvalue weighted by Gasteiger charge is -2.27. The molecule has 2 aromatic heterocycles. The molecule has 3 heterocycles. The number of alkyl halides is 2. The molecule has 0 atom stereocenters. The van der Waals surface area contributed by atoms with Gasteiger partial charge in [0.15, 0.2) is 5.82 Å². The summed E-state index contributed by atoms with van der Waals surface area (Å²) in [6, 6.07) is 14.6. The number of imidazole rings is 1. The van der Waals surface area contributed by atoms with Crippen molar-refractivity contribution in [3.8, 4) is 5.82 Å². The van der Waals surface area contributed by atoms with E-state index in [9.17, 15) is 18.9 Å². The van der Waals surface area contributed by atoms with E-state index in [0.29, 0.717) is 55.6 Å². The fourth-order valence-electron chi connectivity index (χ4n) is 3.89. The maximum Gasteiger partial charge on any atom is 0.296 e. The minimum Gasteiger partial charge on any atom is -0.378 e. The van der Waals surface area contributed by atoms with E-state index in [1.807, 2.05) is 4.90 Å². The summed E-state index contributed by atoms with van der Waals surface area (Å²) in [4.78, 5) is 25.7. The SMILES string of the molecule is O=[N+]([O-])c1ccc(CNc2cc(-n3c(C(F)F)nc4ccccc43)nc(N3CCOCC3)n2)cc1. The monoisotopic (exact) mass is 481 g/mol. The Hall–Kier alpha value is -4.19. The van der Waals surface area contributed by atoms with E-state index in [-0.39, 0.29) is 11.5 Å². The molecule has 180 valence electrons. The highest BCUT2D eigenvalue weighted by molar-refractivity contribution is 5.78. The number of halogens is 2. The maximum atomic E-state index is 13.9. The molecule has 12 heteroatoms. The zero-order valence-electron chi connectivity index (χ0n) is 18.5. The Labute approximate surface area is 198 Å². The number of hydrogen-bond acceptors (Lipinski definition) is 8. The fourth-order valence-corrected chi connectivity index (χ4v) is 3.89. The molecule has 35 heavy (non-hydrogen) atoms. The summed E-state index contributed by atoms with van der Waals surface area (Å²) in [5, 5.41) is 14.1. The largest absolute Gasteiger partial charge is 0.378 e. The predicted octanol–water partition coefficient (Wildman–Crippen LogP) is 4.11. The molecule has 0 spiro atoms. The number of benzene rings is 2. The molecule has 1 saturated heterocycles. The van der Waals surface area contributed by atoms with E-state index in [1.165, 1.54) is 16.7 Å². The Morgan fingerprint density at radius 2 is 1.80 bits per heavy atom. The Morgan fingerprint density at radius 1 is 1.06 bits per heavy atom. The molecule has 0 amide bonds. The van der Waals surface area contributed by atoms with E-state index in [4.69, 9.17) is 4.74 Å². The number of fused-ring (bicyclic) bond motifs is 1. The van der Waals surface area contributed by atoms with E-state index < -0.39 is 17.2 Å². The quantitative estimate of drug-likeness (QED) is 0.310. The zero-order chi connectivity index (χ0) is 24.4. The Kier molecular flexibility index (Phi) is 6.19. The van der Waals surface area contributed by atoms with Gasteiger partial charge in [-0.25, -0.2) is 13.8 Å². The number of morpholine rings is 1. The molecule has 5 rings (SSSR count). The van der Waals surface area contributed by atoms with Gasteiger partial charge in [0.25, 0.3) is 12.1 Å². The summed E-state index contributed by atoms with van der Waals surface area (Å²) < 4.78 is 34.7. The second-order valence-corrected chi connectivity index (χ2v) is 7.88. The number of hydrogen-bond donors (Lipinski definition) is 1. The van der Waals surface area contributed by atoms with Crippen molar-refractivity contribution in [1.82, 2.24) is 19.5 Å². The van der Waals surface area contributed by atoms with Gasteiger partial charge in [0.1, 0.15) is 11.6 Å². The number of nitrogens with one attached hydrogen (secondary N) is 1. The molecule has 1 aliphatic rings. The normalized spacial score (nSPS) is 14.0. The van der Waals surface area contributed by atoms with Gasteiger partial charge in [-0.05, 0) is 17.7 Å². The van der Waals surface area contributed by atoms with Crippen LogP contribution in [0.15, 0.2) is 54.6 Å². The average Bonchev–Trinajstić information content (AvgIpc) is 3.28. The second-order valence-electron chi connectivity index (χ2n) is 7.88. The van der Waals surface area contributed by atoms with Crippen LogP contribution >= 0.6 is 0 Å². The van der Waals surface area contributed by atoms with E-state index >= 15 is 0 Å². The molecule has 0 radical (unpaired) electrons. The van der Waals surface area contributed by atoms with Crippen LogP contribution in [0.4, 0.5) is 26.2 Å². The third-order valence-electron chi connectivity index (χ3n) is 5.63. The van der Waals surface area contributed by atoms with Crippen LogP contribution in [0.25, 0.3) is 16.9 Å². The van der Waals surface area contributed by atoms with E-state index in [0.717, 1.165) is 5.56 Å². The smallest absolute Gasteiger partial charge is 0.296 e. The first-order chi connectivity index (χ1) is 17.0. The summed E-state index contributed by atoms with van der Waals surface area (Å²) in [6.45, 7) is 2.48. The number of aromatic nitrogens is 4. The van der Waals surface area contributed by atoms with E-state index in [1.54, 1.807) is 42.5 Å². The van der Waals surface area contributed by atoms with Crippen molar-refractivity contribution in [2.24, 2.45) is 0 Å². The lowest BCUT2D eigenvalue weighted by atomic mass is 10.2. The molecular weight excluding hydrogens is 460 g/mol. The average molecular weight is 481 g/mol. The zero-order valence-corrected chi connectivity index (χ0v) is 18.5. The summed E-state index contributed by atoms with van der Waals surface area (Å²) in [7, 11) is 0. The van der Waals surface area contributed by atoms with Gasteiger partial charge in [0.05, 0.1) is 29.2 Å². The molecule has 2 aromatic carbocycles. The topological polar surface area (TPSA) is 111 Å². The Morgan fingerprint density at radius 3 is 2.51 bits per heavy atom. The molecule has 0 aliphatic carbocycles. The number of nitro groups is 1. The minimum absolute atomic E-state index is 0.000750. The molecule has 1 aliphatic heterocycles. The van der Waals surface area contributed by atoms with Crippen molar-refractivity contribution in [3.05, 3.63) is 76.1 Å². The van der Waals surface area contributed by atoms with Gasteiger partial charge in [-0.3, -0.25) is 14.7 Å². The molecule has 0 saturated carbocycles. The number of para-hydroxylation sites is 2. The molecule has 1 fully saturated rings. The minimum atomic E-state index is -2.80. The molecule has 1 N–H and O–H groups in total. The van der Waals surface area contributed by atoms with Crippen LogP contribution in [0, 0.1) is 10.1 Å². The van der Waals surface area contributed by atoms with Gasteiger partial charge in [-0.1, -0.05) is 24.3 Å². The second kappa shape index (κ2) is 9.58. The van der Waals surface area contributed by atoms with Crippen molar-refractivity contribution >= 4 is 28.5 Å². The van der Waals surface area contributed by atoms with Gasteiger partial charge in [0, 0.05) is 37.8 Å². The third kappa shape index (κ3) is 4.73. The van der Waals surface area contributed by atoms with Crippen LogP contribution in [0.1, 0.15) is 17.8 Å². The summed E-state index contributed by atoms with van der Waals surface area (Å²) in [5.74, 6) is 0.665. The van der Waals surface area contributed by atoms with Crippen molar-refractivity contribution in [2.45, 2.75) is 13.0 Å². The lowest BCUT2D eigenvalue weighted by Crippen LogP contribution is -2.37. The highest BCUT2D eigenvalue weighted by atomic mass is 19.3. The van der Waals surface area contributed by atoms with Crippen LogP contribution in [-0.4, -0.2) is 50.7 Å².